The summed E-state index contributed by atoms with van der Waals surface area (Å²) >= 11 is 0. The summed E-state index contributed by atoms with van der Waals surface area (Å²) in [4.78, 5) is 17.7. The first-order valence-electron chi connectivity index (χ1n) is 6.44. The van der Waals surface area contributed by atoms with Crippen LogP contribution in [0.2, 0.25) is 0 Å². The highest BCUT2D eigenvalue weighted by molar-refractivity contribution is 6.06. The summed E-state index contributed by atoms with van der Waals surface area (Å²) in [7, 11) is 0. The van der Waals surface area contributed by atoms with Crippen LogP contribution >= 0.6 is 0 Å². The fourth-order valence-corrected chi connectivity index (χ4v) is 2.21. The molecule has 19 heavy (non-hydrogen) atoms. The normalized spacial score (nSPS) is 11.5. The van der Waals surface area contributed by atoms with Crippen molar-refractivity contribution in [3.8, 4) is 0 Å². The Kier molecular flexibility index (Phi) is 3.47. The smallest absolute Gasteiger partial charge is 0.255 e. The van der Waals surface area contributed by atoms with Crippen molar-refractivity contribution in [2.24, 2.45) is 0 Å². The van der Waals surface area contributed by atoms with Crippen molar-refractivity contribution >= 4 is 16.8 Å². The van der Waals surface area contributed by atoms with E-state index in [0.717, 1.165) is 16.5 Å². The number of carbonyl (C=O) groups is 1. The Morgan fingerprint density at radius 3 is 2.74 bits per heavy atom. The van der Waals surface area contributed by atoms with Gasteiger partial charge in [0, 0.05) is 34.7 Å². The van der Waals surface area contributed by atoms with Crippen LogP contribution in [0.3, 0.4) is 0 Å². The van der Waals surface area contributed by atoms with Crippen LogP contribution in [-0.4, -0.2) is 27.9 Å². The Morgan fingerprint density at radius 2 is 2.11 bits per heavy atom. The lowest BCUT2D eigenvalue weighted by Crippen LogP contribution is -2.45. The molecule has 0 unspecified atom stereocenters. The minimum atomic E-state index is -0.232. The molecule has 0 radical (unpaired) electrons. The molecule has 3 heteroatoms. The standard InChI is InChI=1S/C16H20N2O/c1-5-11-18(16(2,3)4)15(19)13-7-6-8-14-12(13)9-10-17-14/h5-10,17H,1,11H2,2-4H3. The van der Waals surface area contributed by atoms with Crippen LogP contribution in [0.15, 0.2) is 43.1 Å². The van der Waals surface area contributed by atoms with Gasteiger partial charge in [-0.05, 0) is 39.0 Å². The number of aromatic nitrogens is 1. The zero-order chi connectivity index (χ0) is 14.0. The van der Waals surface area contributed by atoms with E-state index in [9.17, 15) is 4.79 Å². The molecular formula is C16H20N2O. The van der Waals surface area contributed by atoms with E-state index < -0.39 is 0 Å². The van der Waals surface area contributed by atoms with Crippen molar-refractivity contribution in [2.45, 2.75) is 26.3 Å². The van der Waals surface area contributed by atoms with Gasteiger partial charge in [-0.2, -0.15) is 0 Å². The van der Waals surface area contributed by atoms with E-state index in [-0.39, 0.29) is 11.4 Å². The molecule has 0 aliphatic carbocycles. The summed E-state index contributed by atoms with van der Waals surface area (Å²) in [5.41, 5.74) is 1.48. The summed E-state index contributed by atoms with van der Waals surface area (Å²) in [6, 6.07) is 7.69. The van der Waals surface area contributed by atoms with Gasteiger partial charge < -0.3 is 9.88 Å². The number of carbonyl (C=O) groups excluding carboxylic acids is 1. The van der Waals surface area contributed by atoms with Gasteiger partial charge >= 0.3 is 0 Å². The van der Waals surface area contributed by atoms with Crippen LogP contribution in [-0.2, 0) is 0 Å². The summed E-state index contributed by atoms with van der Waals surface area (Å²) in [5, 5.41) is 0.964. The lowest BCUT2D eigenvalue weighted by molar-refractivity contribution is 0.0619. The molecule has 1 heterocycles. The van der Waals surface area contributed by atoms with Gasteiger partial charge in [0.1, 0.15) is 0 Å². The Bertz CT molecular complexity index is 604. The van der Waals surface area contributed by atoms with Gasteiger partial charge in [-0.15, -0.1) is 6.58 Å². The van der Waals surface area contributed by atoms with E-state index >= 15 is 0 Å². The number of nitrogens with zero attached hydrogens (tertiary/aromatic N) is 1. The molecular weight excluding hydrogens is 236 g/mol. The van der Waals surface area contributed by atoms with E-state index in [0.29, 0.717) is 6.54 Å². The topological polar surface area (TPSA) is 36.1 Å². The maximum Gasteiger partial charge on any atom is 0.255 e. The third kappa shape index (κ3) is 2.55. The van der Waals surface area contributed by atoms with Crippen LogP contribution in [0.1, 0.15) is 31.1 Å². The van der Waals surface area contributed by atoms with E-state index in [1.165, 1.54) is 0 Å². The number of nitrogens with one attached hydrogen (secondary N) is 1. The Labute approximate surface area is 113 Å². The predicted octanol–water partition coefficient (Wildman–Crippen LogP) is 3.59. The van der Waals surface area contributed by atoms with Crippen LogP contribution < -0.4 is 0 Å². The van der Waals surface area contributed by atoms with E-state index in [4.69, 9.17) is 0 Å². The Balaban J connectivity index is 2.47. The van der Waals surface area contributed by atoms with Gasteiger partial charge in [-0.3, -0.25) is 4.79 Å². The average molecular weight is 256 g/mol. The first-order valence-corrected chi connectivity index (χ1v) is 6.44. The molecule has 0 bridgehead atoms. The fourth-order valence-electron chi connectivity index (χ4n) is 2.21. The van der Waals surface area contributed by atoms with Gasteiger partial charge in [-0.25, -0.2) is 0 Å². The highest BCUT2D eigenvalue weighted by atomic mass is 16.2. The molecule has 100 valence electrons. The molecule has 2 aromatic rings. The third-order valence-electron chi connectivity index (χ3n) is 3.19. The monoisotopic (exact) mass is 256 g/mol. The molecule has 1 amide bonds. The van der Waals surface area contributed by atoms with Gasteiger partial charge in [0.15, 0.2) is 0 Å². The molecule has 2 rings (SSSR count). The van der Waals surface area contributed by atoms with Gasteiger partial charge in [-0.1, -0.05) is 12.1 Å². The van der Waals surface area contributed by atoms with Crippen molar-refractivity contribution in [1.29, 1.82) is 0 Å². The number of hydrogen-bond acceptors (Lipinski definition) is 1. The molecule has 1 N–H and O–H groups in total. The summed E-state index contributed by atoms with van der Waals surface area (Å²) in [6.45, 7) is 10.4. The number of H-pyrrole nitrogens is 1. The molecule has 0 atom stereocenters. The van der Waals surface area contributed by atoms with E-state index in [2.05, 4.69) is 11.6 Å². The highest BCUT2D eigenvalue weighted by Gasteiger charge is 2.27. The van der Waals surface area contributed by atoms with Crippen LogP contribution in [0.25, 0.3) is 10.9 Å². The second-order valence-electron chi connectivity index (χ2n) is 5.62. The SMILES string of the molecule is C=CCN(C(=O)c1cccc2[nH]ccc12)C(C)(C)C. The molecule has 0 saturated heterocycles. The minimum Gasteiger partial charge on any atom is -0.361 e. The second kappa shape index (κ2) is 4.92. The molecule has 0 spiro atoms. The molecule has 0 saturated carbocycles. The van der Waals surface area contributed by atoms with Crippen molar-refractivity contribution in [3.05, 3.63) is 48.7 Å². The Morgan fingerprint density at radius 1 is 1.37 bits per heavy atom. The van der Waals surface area contributed by atoms with Crippen molar-refractivity contribution in [1.82, 2.24) is 9.88 Å². The number of rotatable bonds is 3. The zero-order valence-electron chi connectivity index (χ0n) is 11.7. The van der Waals surface area contributed by atoms with Gasteiger partial charge in [0.2, 0.25) is 0 Å². The number of hydrogen-bond donors (Lipinski definition) is 1. The van der Waals surface area contributed by atoms with E-state index in [1.54, 1.807) is 6.08 Å². The maximum atomic E-state index is 12.8. The van der Waals surface area contributed by atoms with E-state index in [1.807, 2.05) is 56.1 Å². The molecule has 0 fully saturated rings. The average Bonchev–Trinajstić information content (AvgIpc) is 2.81. The molecule has 1 aromatic carbocycles. The third-order valence-corrected chi connectivity index (χ3v) is 3.19. The molecule has 1 aromatic heterocycles. The second-order valence-corrected chi connectivity index (χ2v) is 5.62. The summed E-state index contributed by atoms with van der Waals surface area (Å²) in [5.74, 6) is 0.0394. The molecule has 0 aliphatic rings. The predicted molar refractivity (Wildman–Crippen MR) is 79.3 cm³/mol. The van der Waals surface area contributed by atoms with Gasteiger partial charge in [0.25, 0.3) is 5.91 Å². The quantitative estimate of drug-likeness (QED) is 0.837. The first kappa shape index (κ1) is 13.4. The van der Waals surface area contributed by atoms with Crippen molar-refractivity contribution in [2.75, 3.05) is 6.54 Å². The number of fused-ring (bicyclic) bond motifs is 1. The lowest BCUT2D eigenvalue weighted by Gasteiger charge is -2.35. The minimum absolute atomic E-state index is 0.0394. The highest BCUT2D eigenvalue weighted by Crippen LogP contribution is 2.23. The van der Waals surface area contributed by atoms with Gasteiger partial charge in [0.05, 0.1) is 0 Å². The molecule has 3 nitrogen and oxygen atoms in total. The first-order chi connectivity index (χ1) is 8.95. The maximum absolute atomic E-state index is 12.8. The van der Waals surface area contributed by atoms with Crippen LogP contribution in [0, 0.1) is 0 Å². The summed E-state index contributed by atoms with van der Waals surface area (Å²) < 4.78 is 0. The van der Waals surface area contributed by atoms with Crippen LogP contribution in [0.4, 0.5) is 0 Å². The fraction of sp³-hybridized carbons (Fsp3) is 0.312. The Hall–Kier alpha value is -2.03. The molecule has 0 aliphatic heterocycles. The zero-order valence-corrected chi connectivity index (χ0v) is 11.7. The lowest BCUT2D eigenvalue weighted by atomic mass is 10.0. The number of aromatic amines is 1. The summed E-state index contributed by atoms with van der Waals surface area (Å²) in [6.07, 6.45) is 3.62. The number of amides is 1. The van der Waals surface area contributed by atoms with Crippen molar-refractivity contribution < 1.29 is 4.79 Å². The van der Waals surface area contributed by atoms with Crippen LogP contribution in [0.5, 0.6) is 0 Å². The largest absolute Gasteiger partial charge is 0.361 e. The van der Waals surface area contributed by atoms with Crippen molar-refractivity contribution in [3.63, 3.8) is 0 Å². The number of benzene rings is 1.